The van der Waals surface area contributed by atoms with Gasteiger partial charge in [0, 0.05) is 31.1 Å². The Balaban J connectivity index is 2.14. The van der Waals surface area contributed by atoms with Crippen molar-refractivity contribution in [2.45, 2.75) is 51.7 Å². The SMILES string of the molecule is CCCSc1nc(NCC(C)C)c2cnn(CCNC(=O)CCCCl)c2n1. The number of carbonyl (C=O) groups is 1. The number of fused-ring (bicyclic) bond motifs is 1. The lowest BCUT2D eigenvalue weighted by atomic mass is 10.2. The van der Waals surface area contributed by atoms with E-state index in [9.17, 15) is 4.79 Å². The van der Waals surface area contributed by atoms with Gasteiger partial charge in [-0.25, -0.2) is 14.6 Å². The zero-order chi connectivity index (χ0) is 19.6. The highest BCUT2D eigenvalue weighted by Crippen LogP contribution is 2.25. The molecule has 9 heteroatoms. The van der Waals surface area contributed by atoms with Crippen LogP contribution in [0.1, 0.15) is 40.0 Å². The molecule has 0 aliphatic rings. The summed E-state index contributed by atoms with van der Waals surface area (Å²) >= 11 is 7.27. The van der Waals surface area contributed by atoms with Gasteiger partial charge in [-0.1, -0.05) is 32.5 Å². The number of carbonyl (C=O) groups excluding carboxylic acids is 1. The van der Waals surface area contributed by atoms with Crippen molar-refractivity contribution in [1.82, 2.24) is 25.1 Å². The highest BCUT2D eigenvalue weighted by molar-refractivity contribution is 7.99. The molecule has 0 atom stereocenters. The molecule has 0 aromatic carbocycles. The second-order valence-electron chi connectivity index (χ2n) is 6.73. The molecular weight excluding hydrogens is 384 g/mol. The number of hydrogen-bond acceptors (Lipinski definition) is 6. The predicted octanol–water partition coefficient (Wildman–Crippen LogP) is 3.53. The quantitative estimate of drug-likeness (QED) is 0.315. The van der Waals surface area contributed by atoms with Crippen molar-refractivity contribution in [3.63, 3.8) is 0 Å². The maximum absolute atomic E-state index is 11.7. The first-order valence-electron chi connectivity index (χ1n) is 9.48. The highest BCUT2D eigenvalue weighted by Gasteiger charge is 2.14. The van der Waals surface area contributed by atoms with Crippen molar-refractivity contribution in [3.8, 4) is 0 Å². The van der Waals surface area contributed by atoms with E-state index in [1.165, 1.54) is 0 Å². The van der Waals surface area contributed by atoms with Crippen molar-refractivity contribution < 1.29 is 4.79 Å². The normalized spacial score (nSPS) is 11.3. The lowest BCUT2D eigenvalue weighted by molar-refractivity contribution is -0.121. The molecule has 0 unspecified atom stereocenters. The third-order valence-corrected chi connectivity index (χ3v) is 5.09. The first-order valence-corrected chi connectivity index (χ1v) is 11.0. The summed E-state index contributed by atoms with van der Waals surface area (Å²) in [6, 6.07) is 0. The second-order valence-corrected chi connectivity index (χ2v) is 8.17. The van der Waals surface area contributed by atoms with Crippen LogP contribution in [0.3, 0.4) is 0 Å². The number of halogens is 1. The summed E-state index contributed by atoms with van der Waals surface area (Å²) in [6.45, 7) is 8.37. The Morgan fingerprint density at radius 2 is 2.19 bits per heavy atom. The second kappa shape index (κ2) is 11.3. The molecule has 7 nitrogen and oxygen atoms in total. The molecule has 0 saturated heterocycles. The number of nitrogens with one attached hydrogen (secondary N) is 2. The number of rotatable bonds is 12. The molecule has 0 aliphatic carbocycles. The molecule has 0 fully saturated rings. The first-order chi connectivity index (χ1) is 13.0. The van der Waals surface area contributed by atoms with E-state index in [0.717, 1.165) is 40.7 Å². The van der Waals surface area contributed by atoms with E-state index in [1.807, 2.05) is 4.68 Å². The topological polar surface area (TPSA) is 84.7 Å². The van der Waals surface area contributed by atoms with Crippen LogP contribution in [0, 0.1) is 5.92 Å². The fourth-order valence-electron chi connectivity index (χ4n) is 2.41. The summed E-state index contributed by atoms with van der Waals surface area (Å²) in [6.07, 6.45) is 4.00. The van der Waals surface area contributed by atoms with Crippen LogP contribution in [0.15, 0.2) is 11.4 Å². The molecular formula is C18H29ClN6OS. The maximum atomic E-state index is 11.7. The van der Waals surface area contributed by atoms with E-state index in [-0.39, 0.29) is 5.91 Å². The summed E-state index contributed by atoms with van der Waals surface area (Å²) in [5.74, 6) is 2.82. The molecule has 0 radical (unpaired) electrons. The van der Waals surface area contributed by atoms with Gasteiger partial charge < -0.3 is 10.6 Å². The summed E-state index contributed by atoms with van der Waals surface area (Å²) in [5.41, 5.74) is 0.796. The number of alkyl halides is 1. The molecule has 2 aromatic rings. The van der Waals surface area contributed by atoms with Gasteiger partial charge in [0.1, 0.15) is 5.82 Å². The fourth-order valence-corrected chi connectivity index (χ4v) is 3.24. The van der Waals surface area contributed by atoms with Crippen LogP contribution in [-0.4, -0.2) is 50.4 Å². The Kier molecular flexibility index (Phi) is 9.14. The molecule has 27 heavy (non-hydrogen) atoms. The number of thioether (sulfide) groups is 1. The van der Waals surface area contributed by atoms with E-state index in [2.05, 4.69) is 46.5 Å². The average molecular weight is 413 g/mol. The maximum Gasteiger partial charge on any atom is 0.220 e. The lowest BCUT2D eigenvalue weighted by Crippen LogP contribution is -2.27. The minimum Gasteiger partial charge on any atom is -0.369 e. The Bertz CT molecular complexity index is 736. The van der Waals surface area contributed by atoms with E-state index in [0.29, 0.717) is 37.7 Å². The Hall–Kier alpha value is -1.54. The standard InChI is InChI=1S/C18H29ClN6OS/c1-4-10-27-18-23-16(21-11-13(2)3)14-12-22-25(17(14)24-18)9-8-20-15(26)6-5-7-19/h12-13H,4-11H2,1-3H3,(H,20,26)(H,21,23,24). The molecule has 0 spiro atoms. The molecule has 2 heterocycles. The molecule has 1 amide bonds. The number of amides is 1. The van der Waals surface area contributed by atoms with Gasteiger partial charge in [-0.2, -0.15) is 5.10 Å². The summed E-state index contributed by atoms with van der Waals surface area (Å²) in [5, 5.41) is 12.4. The van der Waals surface area contributed by atoms with Gasteiger partial charge in [-0.15, -0.1) is 11.6 Å². The third-order valence-electron chi connectivity index (χ3n) is 3.77. The van der Waals surface area contributed by atoms with E-state index in [1.54, 1.807) is 18.0 Å². The summed E-state index contributed by atoms with van der Waals surface area (Å²) in [7, 11) is 0. The van der Waals surface area contributed by atoms with Crippen LogP contribution in [0.25, 0.3) is 11.0 Å². The van der Waals surface area contributed by atoms with Crippen LogP contribution in [-0.2, 0) is 11.3 Å². The van der Waals surface area contributed by atoms with Crippen LogP contribution in [0.5, 0.6) is 0 Å². The van der Waals surface area contributed by atoms with Gasteiger partial charge in [0.2, 0.25) is 5.91 Å². The van der Waals surface area contributed by atoms with Crippen LogP contribution >= 0.6 is 23.4 Å². The minimum atomic E-state index is 0.0141. The number of aromatic nitrogens is 4. The Labute approximate surface area is 170 Å². The largest absolute Gasteiger partial charge is 0.369 e. The van der Waals surface area contributed by atoms with Gasteiger partial charge >= 0.3 is 0 Å². The molecule has 0 aliphatic heterocycles. The molecule has 150 valence electrons. The first kappa shape index (κ1) is 21.8. The van der Waals surface area contributed by atoms with Crippen molar-refractivity contribution in [2.75, 3.05) is 30.0 Å². The molecule has 2 aromatic heterocycles. The molecule has 2 rings (SSSR count). The smallest absolute Gasteiger partial charge is 0.220 e. The van der Waals surface area contributed by atoms with Gasteiger partial charge in [-0.3, -0.25) is 4.79 Å². The minimum absolute atomic E-state index is 0.0141. The predicted molar refractivity (Wildman–Crippen MR) is 113 cm³/mol. The van der Waals surface area contributed by atoms with Crippen molar-refractivity contribution in [2.24, 2.45) is 5.92 Å². The Morgan fingerprint density at radius 1 is 1.37 bits per heavy atom. The van der Waals surface area contributed by atoms with Crippen molar-refractivity contribution in [1.29, 1.82) is 0 Å². The number of hydrogen-bond donors (Lipinski definition) is 2. The van der Waals surface area contributed by atoms with Gasteiger partial charge in [-0.05, 0) is 18.8 Å². The highest BCUT2D eigenvalue weighted by atomic mass is 35.5. The zero-order valence-electron chi connectivity index (χ0n) is 16.3. The van der Waals surface area contributed by atoms with Crippen molar-refractivity contribution >= 4 is 46.1 Å². The van der Waals surface area contributed by atoms with E-state index in [4.69, 9.17) is 11.6 Å². The fraction of sp³-hybridized carbons (Fsp3) is 0.667. The summed E-state index contributed by atoms with van der Waals surface area (Å²) < 4.78 is 1.83. The zero-order valence-corrected chi connectivity index (χ0v) is 17.9. The van der Waals surface area contributed by atoms with Gasteiger partial charge in [0.15, 0.2) is 10.8 Å². The Morgan fingerprint density at radius 3 is 2.89 bits per heavy atom. The van der Waals surface area contributed by atoms with Crippen molar-refractivity contribution in [3.05, 3.63) is 6.20 Å². The monoisotopic (exact) mass is 412 g/mol. The van der Waals surface area contributed by atoms with Gasteiger partial charge in [0.25, 0.3) is 0 Å². The molecule has 2 N–H and O–H groups in total. The number of anilines is 1. The summed E-state index contributed by atoms with van der Waals surface area (Å²) in [4.78, 5) is 21.1. The van der Waals surface area contributed by atoms with Crippen LogP contribution < -0.4 is 10.6 Å². The lowest BCUT2D eigenvalue weighted by Gasteiger charge is -2.11. The van der Waals surface area contributed by atoms with Crippen LogP contribution in [0.2, 0.25) is 0 Å². The third kappa shape index (κ3) is 6.84. The van der Waals surface area contributed by atoms with E-state index >= 15 is 0 Å². The van der Waals surface area contributed by atoms with Gasteiger partial charge in [0.05, 0.1) is 18.1 Å². The van der Waals surface area contributed by atoms with Crippen LogP contribution in [0.4, 0.5) is 5.82 Å². The average Bonchev–Trinajstić information content (AvgIpc) is 3.05. The number of nitrogens with zero attached hydrogens (tertiary/aromatic N) is 4. The van der Waals surface area contributed by atoms with E-state index < -0.39 is 0 Å². The molecule has 0 bridgehead atoms. The molecule has 0 saturated carbocycles.